The molecule has 6 heteroatoms. The van der Waals surface area contributed by atoms with Crippen LogP contribution in [-0.2, 0) is 12.3 Å². The predicted molar refractivity (Wildman–Crippen MR) is 103 cm³/mol. The molecule has 1 amide bonds. The van der Waals surface area contributed by atoms with Gasteiger partial charge in [-0.05, 0) is 35.4 Å². The molecule has 0 radical (unpaired) electrons. The van der Waals surface area contributed by atoms with Crippen molar-refractivity contribution in [1.82, 2.24) is 5.32 Å². The number of nitrogens with one attached hydrogen (secondary N) is 1. The average molecular weight is 381 g/mol. The number of thiophene rings is 1. The minimum atomic E-state index is -0.0375. The van der Waals surface area contributed by atoms with E-state index >= 15 is 0 Å². The maximum Gasteiger partial charge on any atom is 0.261 e. The van der Waals surface area contributed by atoms with E-state index in [1.54, 1.807) is 11.3 Å². The number of thioether (sulfide) groups is 1. The molecule has 2 aliphatic heterocycles. The Morgan fingerprint density at radius 1 is 1.08 bits per heavy atom. The molecule has 0 saturated carbocycles. The molecule has 3 aromatic rings. The van der Waals surface area contributed by atoms with Gasteiger partial charge in [0.05, 0.1) is 4.88 Å². The van der Waals surface area contributed by atoms with E-state index in [1.165, 1.54) is 20.9 Å². The first-order chi connectivity index (χ1) is 12.8. The lowest BCUT2D eigenvalue weighted by Crippen LogP contribution is -2.21. The Kier molecular flexibility index (Phi) is 3.87. The number of rotatable bonds is 3. The van der Waals surface area contributed by atoms with Crippen molar-refractivity contribution in [2.24, 2.45) is 0 Å². The van der Waals surface area contributed by atoms with Crippen molar-refractivity contribution in [2.45, 2.75) is 17.2 Å². The van der Waals surface area contributed by atoms with E-state index in [-0.39, 0.29) is 12.7 Å². The third-order valence-corrected chi connectivity index (χ3v) is 6.77. The largest absolute Gasteiger partial charge is 0.454 e. The standard InChI is InChI=1S/C20H15NO3S2/c22-20(21-9-12-5-6-15-16(7-12)24-11-23-15)18-8-13-10-25-17-4-2-1-3-14(17)19(13)26-18/h1-8H,9-11H2,(H,21,22). The second-order valence-corrected chi connectivity index (χ2v) is 8.19. The smallest absolute Gasteiger partial charge is 0.261 e. The fourth-order valence-corrected chi connectivity index (χ4v) is 5.46. The Morgan fingerprint density at radius 3 is 2.92 bits per heavy atom. The van der Waals surface area contributed by atoms with Crippen molar-refractivity contribution < 1.29 is 14.3 Å². The fraction of sp³-hybridized carbons (Fsp3) is 0.150. The number of carbonyl (C=O) groups is 1. The minimum absolute atomic E-state index is 0.0375. The number of carbonyl (C=O) groups excluding carboxylic acids is 1. The normalized spacial score (nSPS) is 13.8. The summed E-state index contributed by atoms with van der Waals surface area (Å²) in [4.78, 5) is 15.9. The second-order valence-electron chi connectivity index (χ2n) is 6.12. The van der Waals surface area contributed by atoms with Gasteiger partial charge in [-0.15, -0.1) is 23.1 Å². The van der Waals surface area contributed by atoms with Crippen molar-refractivity contribution in [3.63, 3.8) is 0 Å². The summed E-state index contributed by atoms with van der Waals surface area (Å²) in [6.45, 7) is 0.717. The molecule has 0 atom stereocenters. The van der Waals surface area contributed by atoms with Gasteiger partial charge in [0, 0.05) is 27.6 Å². The zero-order valence-electron chi connectivity index (χ0n) is 13.8. The van der Waals surface area contributed by atoms with Crippen LogP contribution in [0.25, 0.3) is 10.4 Å². The van der Waals surface area contributed by atoms with Crippen molar-refractivity contribution in [2.75, 3.05) is 6.79 Å². The van der Waals surface area contributed by atoms with Crippen LogP contribution in [0.15, 0.2) is 53.4 Å². The topological polar surface area (TPSA) is 47.6 Å². The highest BCUT2D eigenvalue weighted by Crippen LogP contribution is 2.45. The lowest BCUT2D eigenvalue weighted by molar-refractivity contribution is 0.0955. The lowest BCUT2D eigenvalue weighted by atomic mass is 10.1. The number of fused-ring (bicyclic) bond motifs is 4. The van der Waals surface area contributed by atoms with Crippen LogP contribution in [0.5, 0.6) is 11.5 Å². The Morgan fingerprint density at radius 2 is 1.96 bits per heavy atom. The molecule has 0 unspecified atom stereocenters. The number of ether oxygens (including phenoxy) is 2. The molecule has 0 bridgehead atoms. The summed E-state index contributed by atoms with van der Waals surface area (Å²) >= 11 is 3.40. The highest BCUT2D eigenvalue weighted by atomic mass is 32.2. The third kappa shape index (κ3) is 2.75. The van der Waals surface area contributed by atoms with Crippen LogP contribution in [0.4, 0.5) is 0 Å². The van der Waals surface area contributed by atoms with E-state index in [0.29, 0.717) is 6.54 Å². The van der Waals surface area contributed by atoms with E-state index < -0.39 is 0 Å². The number of hydrogen-bond acceptors (Lipinski definition) is 5. The van der Waals surface area contributed by atoms with Crippen molar-refractivity contribution in [3.8, 4) is 21.9 Å². The summed E-state index contributed by atoms with van der Waals surface area (Å²) in [5, 5.41) is 3.01. The highest BCUT2D eigenvalue weighted by Gasteiger charge is 2.22. The van der Waals surface area contributed by atoms with Crippen LogP contribution >= 0.6 is 23.1 Å². The Hall–Kier alpha value is -2.44. The molecule has 4 nitrogen and oxygen atoms in total. The maximum atomic E-state index is 12.6. The van der Waals surface area contributed by atoms with Crippen LogP contribution in [0.3, 0.4) is 0 Å². The Bertz CT molecular complexity index is 1010. The number of benzene rings is 2. The highest BCUT2D eigenvalue weighted by molar-refractivity contribution is 7.98. The molecule has 0 saturated heterocycles. The maximum absolute atomic E-state index is 12.6. The monoisotopic (exact) mass is 381 g/mol. The molecule has 26 heavy (non-hydrogen) atoms. The predicted octanol–water partition coefficient (Wildman–Crippen LogP) is 4.68. The van der Waals surface area contributed by atoms with Gasteiger partial charge in [0.25, 0.3) is 5.91 Å². The summed E-state index contributed by atoms with van der Waals surface area (Å²) < 4.78 is 10.7. The van der Waals surface area contributed by atoms with Crippen LogP contribution in [0.2, 0.25) is 0 Å². The molecule has 130 valence electrons. The van der Waals surface area contributed by atoms with Gasteiger partial charge in [0.15, 0.2) is 11.5 Å². The summed E-state index contributed by atoms with van der Waals surface area (Å²) in [6, 6.07) is 16.1. The first-order valence-electron chi connectivity index (χ1n) is 8.29. The van der Waals surface area contributed by atoms with E-state index in [4.69, 9.17) is 9.47 Å². The van der Waals surface area contributed by atoms with Gasteiger partial charge in [0.2, 0.25) is 6.79 Å². The molecular weight excluding hydrogens is 366 g/mol. The zero-order valence-corrected chi connectivity index (χ0v) is 15.4. The average Bonchev–Trinajstić information content (AvgIpc) is 3.32. The number of amides is 1. The molecule has 1 aromatic heterocycles. The van der Waals surface area contributed by atoms with Gasteiger partial charge in [-0.2, -0.15) is 0 Å². The molecular formula is C20H15NO3S2. The molecule has 1 N–H and O–H groups in total. The lowest BCUT2D eigenvalue weighted by Gasteiger charge is -2.14. The Labute approximate surface area is 159 Å². The number of hydrogen-bond donors (Lipinski definition) is 1. The van der Waals surface area contributed by atoms with Gasteiger partial charge in [-0.3, -0.25) is 4.79 Å². The molecule has 0 spiro atoms. The van der Waals surface area contributed by atoms with Gasteiger partial charge in [-0.25, -0.2) is 0 Å². The van der Waals surface area contributed by atoms with E-state index in [9.17, 15) is 4.79 Å². The molecule has 0 aliphatic carbocycles. The van der Waals surface area contributed by atoms with Gasteiger partial charge < -0.3 is 14.8 Å². The molecule has 3 heterocycles. The van der Waals surface area contributed by atoms with E-state index in [2.05, 4.69) is 23.5 Å². The van der Waals surface area contributed by atoms with Crippen LogP contribution in [0.1, 0.15) is 20.8 Å². The van der Waals surface area contributed by atoms with E-state index in [1.807, 2.05) is 42.1 Å². The van der Waals surface area contributed by atoms with Crippen LogP contribution < -0.4 is 14.8 Å². The molecule has 2 aromatic carbocycles. The van der Waals surface area contributed by atoms with Gasteiger partial charge in [0.1, 0.15) is 0 Å². The van der Waals surface area contributed by atoms with Gasteiger partial charge >= 0.3 is 0 Å². The first kappa shape index (κ1) is 15.8. The zero-order chi connectivity index (χ0) is 17.5. The third-order valence-electron chi connectivity index (χ3n) is 4.44. The Balaban J connectivity index is 1.33. The summed E-state index contributed by atoms with van der Waals surface area (Å²) in [5.41, 5.74) is 3.47. The van der Waals surface area contributed by atoms with Crippen LogP contribution in [0, 0.1) is 0 Å². The molecule has 5 rings (SSSR count). The minimum Gasteiger partial charge on any atom is -0.454 e. The molecule has 2 aliphatic rings. The fourth-order valence-electron chi connectivity index (χ4n) is 3.13. The summed E-state index contributed by atoms with van der Waals surface area (Å²) in [7, 11) is 0. The van der Waals surface area contributed by atoms with Crippen molar-refractivity contribution in [1.29, 1.82) is 0 Å². The van der Waals surface area contributed by atoms with Crippen LogP contribution in [-0.4, -0.2) is 12.7 Å². The van der Waals surface area contributed by atoms with E-state index in [0.717, 1.165) is 27.7 Å². The summed E-state index contributed by atoms with van der Waals surface area (Å²) in [5.74, 6) is 2.36. The first-order valence-corrected chi connectivity index (χ1v) is 10.1. The SMILES string of the molecule is O=C(NCc1ccc2c(c1)OCO2)c1cc2c(s1)-c1ccccc1SC2. The van der Waals surface area contributed by atoms with Gasteiger partial charge in [-0.1, -0.05) is 24.3 Å². The quantitative estimate of drug-likeness (QED) is 0.716. The summed E-state index contributed by atoms with van der Waals surface area (Å²) in [6.07, 6.45) is 0. The molecule has 0 fully saturated rings. The second kappa shape index (κ2) is 6.37. The van der Waals surface area contributed by atoms with Crippen molar-refractivity contribution >= 4 is 29.0 Å². The van der Waals surface area contributed by atoms with Crippen molar-refractivity contribution in [3.05, 3.63) is 64.5 Å².